The number of hydrogen-bond acceptors (Lipinski definition) is 4. The maximum absolute atomic E-state index is 13.9. The number of fused-ring (bicyclic) bond motifs is 1. The molecule has 0 aliphatic heterocycles. The molecule has 39 heavy (non-hydrogen) atoms. The molecular formula is C31H31F2N3O3. The summed E-state index contributed by atoms with van der Waals surface area (Å²) in [6.07, 6.45) is 8.24. The number of halogens is 2. The quantitative estimate of drug-likeness (QED) is 0.266. The molecule has 6 nitrogen and oxygen atoms in total. The largest absolute Gasteiger partial charge is 0.466 e. The van der Waals surface area contributed by atoms with Gasteiger partial charge in [0.2, 0.25) is 0 Å². The van der Waals surface area contributed by atoms with Gasteiger partial charge in [0.05, 0.1) is 6.61 Å². The molecule has 0 unspecified atom stereocenters. The summed E-state index contributed by atoms with van der Waals surface area (Å²) in [5.41, 5.74) is 3.90. The molecule has 0 bridgehead atoms. The molecule has 5 rings (SSSR count). The Hall–Kier alpha value is -4.07. The van der Waals surface area contributed by atoms with Gasteiger partial charge in [0.25, 0.3) is 5.91 Å². The van der Waals surface area contributed by atoms with Crippen LogP contribution in [0.5, 0.6) is 0 Å². The molecule has 0 spiro atoms. The predicted molar refractivity (Wildman–Crippen MR) is 144 cm³/mol. The van der Waals surface area contributed by atoms with Gasteiger partial charge < -0.3 is 14.5 Å². The first-order valence-electron chi connectivity index (χ1n) is 13.4. The molecule has 8 heteroatoms. The summed E-state index contributed by atoms with van der Waals surface area (Å²) in [6.45, 7) is 2.00. The van der Waals surface area contributed by atoms with Crippen LogP contribution >= 0.6 is 0 Å². The molecule has 2 heterocycles. The van der Waals surface area contributed by atoms with E-state index in [1.165, 1.54) is 11.6 Å². The van der Waals surface area contributed by atoms with Gasteiger partial charge in [-0.15, -0.1) is 0 Å². The molecule has 1 amide bonds. The Labute approximate surface area is 226 Å². The van der Waals surface area contributed by atoms with Crippen molar-refractivity contribution in [3.63, 3.8) is 0 Å². The van der Waals surface area contributed by atoms with Gasteiger partial charge in [0.1, 0.15) is 23.0 Å². The summed E-state index contributed by atoms with van der Waals surface area (Å²) in [4.78, 5) is 28.7. The average Bonchev–Trinajstić information content (AvgIpc) is 3.37. The lowest BCUT2D eigenvalue weighted by Crippen LogP contribution is -2.24. The molecule has 4 aromatic rings. The third-order valence-electron chi connectivity index (χ3n) is 7.49. The zero-order valence-electron chi connectivity index (χ0n) is 21.8. The van der Waals surface area contributed by atoms with Crippen molar-refractivity contribution in [2.75, 3.05) is 6.61 Å². The molecule has 0 saturated heterocycles. The number of hydrogen-bond donors (Lipinski definition) is 1. The molecule has 2 aromatic carbocycles. The highest BCUT2D eigenvalue weighted by Gasteiger charge is 2.24. The van der Waals surface area contributed by atoms with Gasteiger partial charge >= 0.3 is 5.97 Å². The number of carbonyl (C=O) groups is 2. The lowest BCUT2D eigenvalue weighted by Gasteiger charge is -2.28. The summed E-state index contributed by atoms with van der Waals surface area (Å²) in [6, 6.07) is 15.9. The lowest BCUT2D eigenvalue weighted by molar-refractivity contribution is -0.144. The van der Waals surface area contributed by atoms with Gasteiger partial charge in [-0.25, -0.2) is 13.8 Å². The van der Waals surface area contributed by atoms with Gasteiger partial charge in [-0.05, 0) is 85.4 Å². The standard InChI is InChI=1S/C31H31F2N3O3/c1-2-39-30(37)16-20-6-8-21(9-7-20)22-10-12-23(13-11-22)24-14-15-29-35-28(19-36(29)18-24)31(38)34-17-25-26(32)4-3-5-27(25)33/h3-5,10-15,18-21H,2,6-9,16-17H2,1H3,(H,34,38). The summed E-state index contributed by atoms with van der Waals surface area (Å²) in [5.74, 6) is -1.11. The Morgan fingerprint density at radius 1 is 0.949 bits per heavy atom. The fourth-order valence-corrected chi connectivity index (χ4v) is 5.34. The van der Waals surface area contributed by atoms with Crippen molar-refractivity contribution < 1.29 is 23.1 Å². The van der Waals surface area contributed by atoms with Gasteiger partial charge in [-0.1, -0.05) is 30.3 Å². The number of carbonyl (C=O) groups excluding carboxylic acids is 2. The predicted octanol–water partition coefficient (Wildman–Crippen LogP) is 6.44. The normalized spacial score (nSPS) is 17.2. The second kappa shape index (κ2) is 11.8. The number of nitrogens with zero attached hydrogens (tertiary/aromatic N) is 2. The van der Waals surface area contributed by atoms with Crippen molar-refractivity contribution in [1.82, 2.24) is 14.7 Å². The maximum Gasteiger partial charge on any atom is 0.306 e. The van der Waals surface area contributed by atoms with E-state index in [0.29, 0.717) is 30.5 Å². The monoisotopic (exact) mass is 531 g/mol. The number of pyridine rings is 1. The number of imidazole rings is 1. The first kappa shape index (κ1) is 26.5. The Morgan fingerprint density at radius 3 is 2.33 bits per heavy atom. The fourth-order valence-electron chi connectivity index (χ4n) is 5.34. The van der Waals surface area contributed by atoms with Crippen LogP contribution in [0.2, 0.25) is 0 Å². The van der Waals surface area contributed by atoms with Crippen LogP contribution < -0.4 is 5.32 Å². The smallest absolute Gasteiger partial charge is 0.306 e. The van der Waals surface area contributed by atoms with Crippen LogP contribution in [0.15, 0.2) is 67.0 Å². The second-order valence-corrected chi connectivity index (χ2v) is 10.0. The molecule has 1 saturated carbocycles. The number of amides is 1. The number of esters is 1. The number of nitrogens with one attached hydrogen (secondary N) is 1. The Kier molecular flexibility index (Phi) is 8.00. The van der Waals surface area contributed by atoms with Gasteiger partial charge in [-0.3, -0.25) is 9.59 Å². The maximum atomic E-state index is 13.9. The van der Waals surface area contributed by atoms with Crippen molar-refractivity contribution in [2.45, 2.75) is 51.5 Å². The van der Waals surface area contributed by atoms with Crippen molar-refractivity contribution in [1.29, 1.82) is 0 Å². The van der Waals surface area contributed by atoms with Gasteiger partial charge in [-0.2, -0.15) is 0 Å². The van der Waals surface area contributed by atoms with Crippen LogP contribution in [-0.2, 0) is 16.1 Å². The van der Waals surface area contributed by atoms with E-state index in [0.717, 1.165) is 48.9 Å². The van der Waals surface area contributed by atoms with Crippen LogP contribution in [-0.4, -0.2) is 27.9 Å². The van der Waals surface area contributed by atoms with E-state index in [9.17, 15) is 18.4 Å². The molecule has 1 N–H and O–H groups in total. The van der Waals surface area contributed by atoms with Gasteiger partial charge in [0, 0.05) is 30.9 Å². The van der Waals surface area contributed by atoms with Crippen LogP contribution in [0, 0.1) is 17.6 Å². The average molecular weight is 532 g/mol. The van der Waals surface area contributed by atoms with Crippen molar-refractivity contribution >= 4 is 17.5 Å². The van der Waals surface area contributed by atoms with Gasteiger partial charge in [0.15, 0.2) is 0 Å². The van der Waals surface area contributed by atoms with E-state index in [4.69, 9.17) is 4.74 Å². The van der Waals surface area contributed by atoms with Crippen LogP contribution in [0.25, 0.3) is 16.8 Å². The minimum atomic E-state index is -0.706. The van der Waals surface area contributed by atoms with E-state index >= 15 is 0 Å². The number of rotatable bonds is 8. The molecule has 0 radical (unpaired) electrons. The fraction of sp³-hybridized carbons (Fsp3) is 0.323. The molecule has 2 aromatic heterocycles. The highest BCUT2D eigenvalue weighted by atomic mass is 19.1. The number of ether oxygens (including phenoxy) is 1. The molecule has 202 valence electrons. The first-order valence-corrected chi connectivity index (χ1v) is 13.4. The third kappa shape index (κ3) is 6.16. The topological polar surface area (TPSA) is 72.7 Å². The molecular weight excluding hydrogens is 500 g/mol. The molecule has 0 atom stereocenters. The van der Waals surface area contributed by atoms with Crippen LogP contribution in [0.4, 0.5) is 8.78 Å². The van der Waals surface area contributed by atoms with E-state index in [1.54, 1.807) is 10.6 Å². The van der Waals surface area contributed by atoms with Crippen molar-refractivity contribution in [3.8, 4) is 11.1 Å². The lowest BCUT2D eigenvalue weighted by atomic mass is 9.77. The van der Waals surface area contributed by atoms with Crippen LogP contribution in [0.3, 0.4) is 0 Å². The minimum Gasteiger partial charge on any atom is -0.466 e. The van der Waals surface area contributed by atoms with Crippen molar-refractivity contribution in [2.24, 2.45) is 5.92 Å². The molecule has 1 aliphatic rings. The van der Waals surface area contributed by atoms with E-state index in [1.807, 2.05) is 25.3 Å². The third-order valence-corrected chi connectivity index (χ3v) is 7.49. The van der Waals surface area contributed by atoms with E-state index < -0.39 is 17.5 Å². The molecule has 1 aliphatic carbocycles. The first-order chi connectivity index (χ1) is 18.9. The summed E-state index contributed by atoms with van der Waals surface area (Å²) in [5, 5.41) is 2.54. The van der Waals surface area contributed by atoms with E-state index in [2.05, 4.69) is 34.6 Å². The zero-order valence-corrected chi connectivity index (χ0v) is 21.8. The summed E-state index contributed by atoms with van der Waals surface area (Å²) in [7, 11) is 0. The van der Waals surface area contributed by atoms with Crippen LogP contribution in [0.1, 0.15) is 66.6 Å². The highest BCUT2D eigenvalue weighted by molar-refractivity contribution is 5.92. The summed E-state index contributed by atoms with van der Waals surface area (Å²) < 4.78 is 34.6. The SMILES string of the molecule is CCOC(=O)CC1CCC(c2ccc(-c3ccc4nc(C(=O)NCc5c(F)cccc5F)cn4c3)cc2)CC1. The zero-order chi connectivity index (χ0) is 27.4. The Balaban J connectivity index is 1.22. The Morgan fingerprint density at radius 2 is 1.64 bits per heavy atom. The Bertz CT molecular complexity index is 1450. The van der Waals surface area contributed by atoms with E-state index in [-0.39, 0.29) is 23.8 Å². The number of aromatic nitrogens is 2. The second-order valence-electron chi connectivity index (χ2n) is 10.0. The summed E-state index contributed by atoms with van der Waals surface area (Å²) >= 11 is 0. The number of benzene rings is 2. The minimum absolute atomic E-state index is 0.0918. The molecule has 1 fully saturated rings. The van der Waals surface area contributed by atoms with Crippen molar-refractivity contribution in [3.05, 3.63) is 95.4 Å². The highest BCUT2D eigenvalue weighted by Crippen LogP contribution is 2.37.